The van der Waals surface area contributed by atoms with Crippen LogP contribution in [-0.4, -0.2) is 48.5 Å². The molecule has 0 saturated heterocycles. The summed E-state index contributed by atoms with van der Waals surface area (Å²) >= 11 is 0. The third-order valence-electron chi connectivity index (χ3n) is 2.92. The third kappa shape index (κ3) is 1.50. The molecule has 1 N–H and O–H groups in total. The van der Waals surface area contributed by atoms with Gasteiger partial charge in [0.25, 0.3) is 5.78 Å². The Kier molecular flexibility index (Phi) is 2.22. The molecule has 8 heteroatoms. The maximum Gasteiger partial charge on any atom is 0.407 e. The Morgan fingerprint density at radius 1 is 1.50 bits per heavy atom. The van der Waals surface area contributed by atoms with E-state index >= 15 is 0 Å². The number of amides is 1. The van der Waals surface area contributed by atoms with Gasteiger partial charge in [-0.1, -0.05) is 0 Å². The van der Waals surface area contributed by atoms with Gasteiger partial charge in [-0.3, -0.25) is 4.79 Å². The van der Waals surface area contributed by atoms with Crippen molar-refractivity contribution in [1.82, 2.24) is 24.5 Å². The lowest BCUT2D eigenvalue weighted by Crippen LogP contribution is -2.35. The number of rotatable bonds is 1. The standard InChI is InChI=1S/C10H9N5O3/c16-5-8-12-9-11-3-6-4-14(10(17)18)2-1-7(6)15(9)13-8/h3,5H,1-2,4H2,(H,17,18). The minimum Gasteiger partial charge on any atom is -0.465 e. The number of fused-ring (bicyclic) bond motifs is 3. The van der Waals surface area contributed by atoms with Crippen molar-refractivity contribution >= 4 is 18.2 Å². The summed E-state index contributed by atoms with van der Waals surface area (Å²) in [4.78, 5) is 30.9. The van der Waals surface area contributed by atoms with E-state index in [1.807, 2.05) is 0 Å². The Balaban J connectivity index is 2.10. The fourth-order valence-corrected chi connectivity index (χ4v) is 2.07. The molecule has 1 aliphatic heterocycles. The molecule has 0 unspecified atom stereocenters. The predicted molar refractivity (Wildman–Crippen MR) is 58.3 cm³/mol. The van der Waals surface area contributed by atoms with Crippen molar-refractivity contribution in [3.05, 3.63) is 23.3 Å². The van der Waals surface area contributed by atoms with Gasteiger partial charge in [0.1, 0.15) is 0 Å². The highest BCUT2D eigenvalue weighted by atomic mass is 16.4. The van der Waals surface area contributed by atoms with Crippen LogP contribution in [-0.2, 0) is 13.0 Å². The van der Waals surface area contributed by atoms with Crippen LogP contribution in [0.4, 0.5) is 4.79 Å². The monoisotopic (exact) mass is 247 g/mol. The van der Waals surface area contributed by atoms with Crippen LogP contribution >= 0.6 is 0 Å². The van der Waals surface area contributed by atoms with Crippen molar-refractivity contribution in [2.24, 2.45) is 0 Å². The smallest absolute Gasteiger partial charge is 0.407 e. The van der Waals surface area contributed by atoms with Gasteiger partial charge in [0.05, 0.1) is 12.2 Å². The quantitative estimate of drug-likeness (QED) is 0.710. The Morgan fingerprint density at radius 2 is 2.33 bits per heavy atom. The minimum atomic E-state index is -0.951. The van der Waals surface area contributed by atoms with Crippen LogP contribution in [0.1, 0.15) is 21.9 Å². The second kappa shape index (κ2) is 3.76. The molecule has 0 fully saturated rings. The lowest BCUT2D eigenvalue weighted by Gasteiger charge is -2.25. The van der Waals surface area contributed by atoms with Crippen LogP contribution < -0.4 is 0 Å². The number of hydrogen-bond acceptors (Lipinski definition) is 5. The highest BCUT2D eigenvalue weighted by molar-refractivity contribution is 5.69. The Labute approximate surface area is 101 Å². The molecule has 0 saturated carbocycles. The minimum absolute atomic E-state index is 0.0802. The largest absolute Gasteiger partial charge is 0.465 e. The highest BCUT2D eigenvalue weighted by Gasteiger charge is 2.23. The average molecular weight is 247 g/mol. The predicted octanol–water partition coefficient (Wildman–Crippen LogP) is -0.0271. The molecule has 92 valence electrons. The van der Waals surface area contributed by atoms with Gasteiger partial charge in [0.2, 0.25) is 5.82 Å². The van der Waals surface area contributed by atoms with E-state index in [2.05, 4.69) is 15.1 Å². The second-order valence-electron chi connectivity index (χ2n) is 3.98. The fraction of sp³-hybridized carbons (Fsp3) is 0.300. The van der Waals surface area contributed by atoms with E-state index in [9.17, 15) is 9.59 Å². The topological polar surface area (TPSA) is 101 Å². The van der Waals surface area contributed by atoms with Crippen molar-refractivity contribution < 1.29 is 14.7 Å². The average Bonchev–Trinajstić information content (AvgIpc) is 2.81. The first-order valence-electron chi connectivity index (χ1n) is 5.35. The summed E-state index contributed by atoms with van der Waals surface area (Å²) in [5, 5.41) is 13.0. The Morgan fingerprint density at radius 3 is 3.06 bits per heavy atom. The third-order valence-corrected chi connectivity index (χ3v) is 2.92. The molecule has 2 aromatic rings. The molecule has 0 spiro atoms. The van der Waals surface area contributed by atoms with E-state index in [0.29, 0.717) is 25.0 Å². The summed E-state index contributed by atoms with van der Waals surface area (Å²) in [6.45, 7) is 0.682. The van der Waals surface area contributed by atoms with Crippen molar-refractivity contribution in [2.45, 2.75) is 13.0 Å². The Bertz CT molecular complexity index is 650. The van der Waals surface area contributed by atoms with Crippen molar-refractivity contribution in [3.8, 4) is 0 Å². The highest BCUT2D eigenvalue weighted by Crippen LogP contribution is 2.18. The number of hydrogen-bond donors (Lipinski definition) is 1. The lowest BCUT2D eigenvalue weighted by molar-refractivity contribution is 0.111. The molecule has 18 heavy (non-hydrogen) atoms. The molecule has 1 aliphatic rings. The zero-order valence-corrected chi connectivity index (χ0v) is 9.28. The van der Waals surface area contributed by atoms with E-state index in [-0.39, 0.29) is 12.4 Å². The first-order valence-corrected chi connectivity index (χ1v) is 5.35. The molecule has 0 bridgehead atoms. The summed E-state index contributed by atoms with van der Waals surface area (Å²) < 4.78 is 1.51. The number of carbonyl (C=O) groups excluding carboxylic acids is 1. The second-order valence-corrected chi connectivity index (χ2v) is 3.98. The maximum absolute atomic E-state index is 10.9. The van der Waals surface area contributed by atoms with Crippen molar-refractivity contribution in [2.75, 3.05) is 6.54 Å². The van der Waals surface area contributed by atoms with E-state index < -0.39 is 6.09 Å². The van der Waals surface area contributed by atoms with Crippen molar-refractivity contribution in [1.29, 1.82) is 0 Å². The van der Waals surface area contributed by atoms with Crippen LogP contribution in [0.25, 0.3) is 5.78 Å². The zero-order chi connectivity index (χ0) is 12.7. The van der Waals surface area contributed by atoms with Gasteiger partial charge < -0.3 is 10.0 Å². The fourth-order valence-electron chi connectivity index (χ4n) is 2.07. The van der Waals surface area contributed by atoms with Crippen LogP contribution in [0, 0.1) is 0 Å². The van der Waals surface area contributed by atoms with Gasteiger partial charge in [0, 0.05) is 24.7 Å². The summed E-state index contributed by atoms with van der Waals surface area (Å²) in [6, 6.07) is 0. The molecule has 8 nitrogen and oxygen atoms in total. The number of nitrogens with zero attached hydrogens (tertiary/aromatic N) is 5. The number of carboxylic acid groups (broad SMARTS) is 1. The molecule has 0 radical (unpaired) electrons. The van der Waals surface area contributed by atoms with Gasteiger partial charge in [-0.05, 0) is 0 Å². The van der Waals surface area contributed by atoms with E-state index in [0.717, 1.165) is 11.3 Å². The van der Waals surface area contributed by atoms with Crippen LogP contribution in [0.3, 0.4) is 0 Å². The van der Waals surface area contributed by atoms with Gasteiger partial charge >= 0.3 is 6.09 Å². The van der Waals surface area contributed by atoms with Gasteiger partial charge in [-0.25, -0.2) is 14.3 Å². The molecular formula is C10H9N5O3. The summed E-state index contributed by atoms with van der Waals surface area (Å²) in [5.41, 5.74) is 1.65. The normalized spacial score (nSPS) is 14.6. The van der Waals surface area contributed by atoms with Crippen molar-refractivity contribution in [3.63, 3.8) is 0 Å². The van der Waals surface area contributed by atoms with Gasteiger partial charge in [-0.15, -0.1) is 5.10 Å². The SMILES string of the molecule is O=Cc1nc2ncc3c(n2n1)CCN(C(=O)O)C3. The number of aldehydes is 1. The van der Waals surface area contributed by atoms with Gasteiger partial charge in [0.15, 0.2) is 6.29 Å². The number of carbonyl (C=O) groups is 2. The van der Waals surface area contributed by atoms with Crippen LogP contribution in [0.5, 0.6) is 0 Å². The molecule has 3 rings (SSSR count). The van der Waals surface area contributed by atoms with E-state index in [1.165, 1.54) is 9.42 Å². The Hall–Kier alpha value is -2.51. The molecule has 2 aromatic heterocycles. The molecule has 0 aromatic carbocycles. The van der Waals surface area contributed by atoms with Gasteiger partial charge in [-0.2, -0.15) is 4.98 Å². The van der Waals surface area contributed by atoms with E-state index in [1.54, 1.807) is 6.20 Å². The first kappa shape index (κ1) is 10.6. The van der Waals surface area contributed by atoms with E-state index in [4.69, 9.17) is 5.11 Å². The maximum atomic E-state index is 10.9. The molecular weight excluding hydrogens is 238 g/mol. The van der Waals surface area contributed by atoms with Crippen LogP contribution in [0.15, 0.2) is 6.20 Å². The summed E-state index contributed by atoms with van der Waals surface area (Å²) in [5.74, 6) is 0.441. The zero-order valence-electron chi connectivity index (χ0n) is 9.28. The molecule has 3 heterocycles. The van der Waals surface area contributed by atoms with Crippen LogP contribution in [0.2, 0.25) is 0 Å². The first-order chi connectivity index (χ1) is 8.69. The molecule has 0 aliphatic carbocycles. The molecule has 1 amide bonds. The lowest BCUT2D eigenvalue weighted by atomic mass is 10.1. The summed E-state index contributed by atoms with van der Waals surface area (Å²) in [7, 11) is 0. The summed E-state index contributed by atoms with van der Waals surface area (Å²) in [6.07, 6.45) is 1.73. The molecule has 0 atom stereocenters. The number of aromatic nitrogens is 4.